The highest BCUT2D eigenvalue weighted by molar-refractivity contribution is 5.71. The first-order chi connectivity index (χ1) is 10.7. The Kier molecular flexibility index (Phi) is 4.34. The number of carboxylic acids is 1. The maximum atomic E-state index is 10.8. The highest BCUT2D eigenvalue weighted by Gasteiger charge is 2.32. The van der Waals surface area contributed by atoms with Gasteiger partial charge in [0.2, 0.25) is 5.88 Å². The fourth-order valence-electron chi connectivity index (χ4n) is 2.43. The van der Waals surface area contributed by atoms with E-state index in [9.17, 15) is 4.79 Å². The summed E-state index contributed by atoms with van der Waals surface area (Å²) in [6, 6.07) is 13.8. The van der Waals surface area contributed by atoms with Crippen LogP contribution in [0.15, 0.2) is 48.7 Å². The molecule has 0 unspecified atom stereocenters. The van der Waals surface area contributed by atoms with E-state index in [0.29, 0.717) is 25.6 Å². The van der Waals surface area contributed by atoms with E-state index in [4.69, 9.17) is 9.84 Å². The summed E-state index contributed by atoms with van der Waals surface area (Å²) in [6.07, 6.45) is 1.79. The molecule has 1 N–H and O–H groups in total. The molecule has 1 aliphatic heterocycles. The minimum absolute atomic E-state index is 0.221. The Morgan fingerprint density at radius 3 is 2.59 bits per heavy atom. The van der Waals surface area contributed by atoms with E-state index in [-0.39, 0.29) is 5.92 Å². The van der Waals surface area contributed by atoms with Crippen LogP contribution in [-0.4, -0.2) is 34.0 Å². The van der Waals surface area contributed by atoms with E-state index in [0.717, 1.165) is 17.7 Å². The predicted octanol–water partition coefficient (Wildman–Crippen LogP) is 2.18. The number of rotatable bonds is 6. The van der Waals surface area contributed by atoms with Gasteiger partial charge in [0.15, 0.2) is 0 Å². The molecule has 1 saturated heterocycles. The van der Waals surface area contributed by atoms with E-state index in [1.807, 2.05) is 42.5 Å². The van der Waals surface area contributed by atoms with Crippen molar-refractivity contribution in [3.63, 3.8) is 0 Å². The number of hydrogen-bond acceptors (Lipinski definition) is 4. The molecule has 0 radical (unpaired) electrons. The van der Waals surface area contributed by atoms with Crippen molar-refractivity contribution in [3.8, 4) is 5.88 Å². The maximum absolute atomic E-state index is 10.8. The van der Waals surface area contributed by atoms with E-state index < -0.39 is 5.97 Å². The molecule has 3 rings (SSSR count). The molecule has 1 aromatic carbocycles. The second-order valence-electron chi connectivity index (χ2n) is 5.51. The molecule has 1 aromatic heterocycles. The zero-order chi connectivity index (χ0) is 15.4. The highest BCUT2D eigenvalue weighted by atomic mass is 16.5. The van der Waals surface area contributed by atoms with Crippen molar-refractivity contribution in [2.45, 2.75) is 13.2 Å². The third kappa shape index (κ3) is 3.62. The number of benzene rings is 1. The number of ether oxygens (including phenoxy) is 1. The van der Waals surface area contributed by atoms with Gasteiger partial charge in [0.05, 0.1) is 5.92 Å². The summed E-state index contributed by atoms with van der Waals surface area (Å²) in [5, 5.41) is 8.85. The summed E-state index contributed by atoms with van der Waals surface area (Å²) in [7, 11) is 0. The van der Waals surface area contributed by atoms with Crippen LogP contribution in [0, 0.1) is 5.92 Å². The third-order valence-electron chi connectivity index (χ3n) is 3.74. The molecule has 0 bridgehead atoms. The molecule has 5 heteroatoms. The Morgan fingerprint density at radius 2 is 1.95 bits per heavy atom. The summed E-state index contributed by atoms with van der Waals surface area (Å²) in [4.78, 5) is 17.1. The third-order valence-corrected chi connectivity index (χ3v) is 3.74. The molecule has 0 spiro atoms. The van der Waals surface area contributed by atoms with Crippen LogP contribution in [0.5, 0.6) is 5.88 Å². The quantitative estimate of drug-likeness (QED) is 0.885. The lowest BCUT2D eigenvalue weighted by Gasteiger charge is -2.36. The van der Waals surface area contributed by atoms with Crippen LogP contribution in [0.2, 0.25) is 0 Å². The van der Waals surface area contributed by atoms with Crippen LogP contribution in [0.4, 0.5) is 0 Å². The number of aromatic nitrogens is 1. The number of hydrogen-bond donors (Lipinski definition) is 1. The van der Waals surface area contributed by atoms with Crippen molar-refractivity contribution in [1.29, 1.82) is 0 Å². The number of aliphatic carboxylic acids is 1. The van der Waals surface area contributed by atoms with Crippen molar-refractivity contribution < 1.29 is 14.6 Å². The van der Waals surface area contributed by atoms with E-state index in [1.54, 1.807) is 6.20 Å². The number of likely N-dealkylation sites (tertiary alicyclic amines) is 1. The van der Waals surface area contributed by atoms with E-state index in [1.165, 1.54) is 0 Å². The Bertz CT molecular complexity index is 622. The Morgan fingerprint density at radius 1 is 1.18 bits per heavy atom. The molecule has 5 nitrogen and oxygen atoms in total. The van der Waals surface area contributed by atoms with Gasteiger partial charge in [-0.3, -0.25) is 9.69 Å². The monoisotopic (exact) mass is 298 g/mol. The fourth-order valence-corrected chi connectivity index (χ4v) is 2.43. The topological polar surface area (TPSA) is 62.7 Å². The minimum Gasteiger partial charge on any atom is -0.481 e. The summed E-state index contributed by atoms with van der Waals surface area (Å²) >= 11 is 0. The molecule has 114 valence electrons. The zero-order valence-corrected chi connectivity index (χ0v) is 12.2. The molecule has 0 saturated carbocycles. The summed E-state index contributed by atoms with van der Waals surface area (Å²) in [5.41, 5.74) is 2.17. The predicted molar refractivity (Wildman–Crippen MR) is 81.4 cm³/mol. The fraction of sp³-hybridized carbons (Fsp3) is 0.294. The molecule has 0 aliphatic carbocycles. The number of carbonyl (C=O) groups is 1. The van der Waals surface area contributed by atoms with Crippen LogP contribution in [0.25, 0.3) is 0 Å². The molecule has 0 amide bonds. The van der Waals surface area contributed by atoms with Gasteiger partial charge in [-0.15, -0.1) is 0 Å². The van der Waals surface area contributed by atoms with Crippen LogP contribution in [0.3, 0.4) is 0 Å². The smallest absolute Gasteiger partial charge is 0.309 e. The first-order valence-electron chi connectivity index (χ1n) is 7.27. The molecule has 0 atom stereocenters. The largest absolute Gasteiger partial charge is 0.481 e. The lowest BCUT2D eigenvalue weighted by Crippen LogP contribution is -2.49. The molecular weight excluding hydrogens is 280 g/mol. The van der Waals surface area contributed by atoms with Crippen LogP contribution >= 0.6 is 0 Å². The number of nitrogens with zero attached hydrogens (tertiary/aromatic N) is 2. The van der Waals surface area contributed by atoms with Gasteiger partial charge in [-0.25, -0.2) is 4.98 Å². The van der Waals surface area contributed by atoms with Crippen molar-refractivity contribution in [1.82, 2.24) is 9.88 Å². The van der Waals surface area contributed by atoms with E-state index >= 15 is 0 Å². The minimum atomic E-state index is -0.709. The standard InChI is InChI=1S/C17H18N2O3/c20-17(21)15-10-19(11-15)9-14-6-7-16(18-8-14)22-12-13-4-2-1-3-5-13/h1-8,15H,9-12H2,(H,20,21). The van der Waals surface area contributed by atoms with Gasteiger partial charge in [0.1, 0.15) is 6.61 Å². The average molecular weight is 298 g/mol. The highest BCUT2D eigenvalue weighted by Crippen LogP contribution is 2.19. The van der Waals surface area contributed by atoms with Gasteiger partial charge in [0.25, 0.3) is 0 Å². The Hall–Kier alpha value is -2.40. The van der Waals surface area contributed by atoms with Gasteiger partial charge in [-0.1, -0.05) is 36.4 Å². The van der Waals surface area contributed by atoms with Crippen LogP contribution < -0.4 is 4.74 Å². The molecule has 1 fully saturated rings. The number of pyridine rings is 1. The van der Waals surface area contributed by atoms with Crippen molar-refractivity contribution in [3.05, 3.63) is 59.8 Å². The second-order valence-corrected chi connectivity index (χ2v) is 5.51. The Balaban J connectivity index is 1.47. The van der Waals surface area contributed by atoms with Crippen molar-refractivity contribution in [2.24, 2.45) is 5.92 Å². The van der Waals surface area contributed by atoms with Crippen LogP contribution in [-0.2, 0) is 17.9 Å². The van der Waals surface area contributed by atoms with Gasteiger partial charge in [-0.2, -0.15) is 0 Å². The molecule has 2 heterocycles. The zero-order valence-electron chi connectivity index (χ0n) is 12.2. The lowest BCUT2D eigenvalue weighted by molar-refractivity contribution is -0.147. The maximum Gasteiger partial charge on any atom is 0.309 e. The van der Waals surface area contributed by atoms with E-state index in [2.05, 4.69) is 9.88 Å². The lowest BCUT2D eigenvalue weighted by atomic mass is 10.00. The Labute approximate surface area is 129 Å². The molecule has 2 aromatic rings. The first-order valence-corrected chi connectivity index (χ1v) is 7.27. The van der Waals surface area contributed by atoms with Gasteiger partial charge < -0.3 is 9.84 Å². The number of carboxylic acid groups (broad SMARTS) is 1. The second kappa shape index (κ2) is 6.58. The van der Waals surface area contributed by atoms with Gasteiger partial charge in [0, 0.05) is 31.9 Å². The van der Waals surface area contributed by atoms with Crippen molar-refractivity contribution in [2.75, 3.05) is 13.1 Å². The van der Waals surface area contributed by atoms with Gasteiger partial charge >= 0.3 is 5.97 Å². The SMILES string of the molecule is O=C(O)C1CN(Cc2ccc(OCc3ccccc3)nc2)C1. The molecular formula is C17H18N2O3. The van der Waals surface area contributed by atoms with Gasteiger partial charge in [-0.05, 0) is 11.1 Å². The summed E-state index contributed by atoms with van der Waals surface area (Å²) in [6.45, 7) is 2.46. The summed E-state index contributed by atoms with van der Waals surface area (Å²) < 4.78 is 5.64. The first kappa shape index (κ1) is 14.5. The molecule has 22 heavy (non-hydrogen) atoms. The normalized spacial score (nSPS) is 15.3. The molecule has 1 aliphatic rings. The summed E-state index contributed by atoms with van der Waals surface area (Å²) in [5.74, 6) is -0.333. The average Bonchev–Trinajstić information content (AvgIpc) is 2.50. The van der Waals surface area contributed by atoms with Crippen LogP contribution in [0.1, 0.15) is 11.1 Å². The van der Waals surface area contributed by atoms with Crippen molar-refractivity contribution >= 4 is 5.97 Å².